The highest BCUT2D eigenvalue weighted by molar-refractivity contribution is 6.43. The van der Waals surface area contributed by atoms with Gasteiger partial charge in [-0.1, -0.05) is 12.1 Å². The van der Waals surface area contributed by atoms with E-state index in [2.05, 4.69) is 20.3 Å². The molecule has 0 aliphatic carbocycles. The first kappa shape index (κ1) is 19.4. The number of carbonyl (C=O) groups excluding carboxylic acids is 3. The van der Waals surface area contributed by atoms with Crippen molar-refractivity contribution in [3.05, 3.63) is 54.1 Å². The van der Waals surface area contributed by atoms with Gasteiger partial charge in [0.05, 0.1) is 18.4 Å². The SMILES string of the molecule is COC(=O)c1ccccc1NC(=O)C(=O)Nc1ccc(N2CCCCC2)cc1. The van der Waals surface area contributed by atoms with Gasteiger partial charge in [-0.2, -0.15) is 0 Å². The van der Waals surface area contributed by atoms with E-state index < -0.39 is 17.8 Å². The number of para-hydroxylation sites is 1. The minimum absolute atomic E-state index is 0.178. The van der Waals surface area contributed by atoms with Crippen LogP contribution in [0.5, 0.6) is 0 Å². The van der Waals surface area contributed by atoms with Crippen LogP contribution in [0.25, 0.3) is 0 Å². The van der Waals surface area contributed by atoms with Gasteiger partial charge in [-0.25, -0.2) is 4.79 Å². The van der Waals surface area contributed by atoms with E-state index in [1.54, 1.807) is 24.3 Å². The van der Waals surface area contributed by atoms with Gasteiger partial charge in [0.2, 0.25) is 0 Å². The Balaban J connectivity index is 1.62. The van der Waals surface area contributed by atoms with Crippen molar-refractivity contribution in [3.63, 3.8) is 0 Å². The molecular formula is C21H23N3O4. The normalized spacial score (nSPS) is 13.5. The van der Waals surface area contributed by atoms with Gasteiger partial charge in [-0.05, 0) is 55.7 Å². The number of hydrogen-bond acceptors (Lipinski definition) is 5. The Morgan fingerprint density at radius 2 is 1.50 bits per heavy atom. The number of anilines is 3. The van der Waals surface area contributed by atoms with Crippen LogP contribution in [0, 0.1) is 0 Å². The third-order valence-corrected chi connectivity index (χ3v) is 4.63. The molecule has 3 rings (SSSR count). The summed E-state index contributed by atoms with van der Waals surface area (Å²) in [5.41, 5.74) is 2.03. The summed E-state index contributed by atoms with van der Waals surface area (Å²) in [5, 5.41) is 5.02. The van der Waals surface area contributed by atoms with Gasteiger partial charge < -0.3 is 20.3 Å². The maximum absolute atomic E-state index is 12.2. The molecule has 1 saturated heterocycles. The molecule has 2 amide bonds. The van der Waals surface area contributed by atoms with Crippen molar-refractivity contribution in [3.8, 4) is 0 Å². The number of ether oxygens (including phenoxy) is 1. The fourth-order valence-electron chi connectivity index (χ4n) is 3.15. The number of rotatable bonds is 4. The van der Waals surface area contributed by atoms with Crippen LogP contribution in [0.2, 0.25) is 0 Å². The van der Waals surface area contributed by atoms with Gasteiger partial charge in [0.25, 0.3) is 0 Å². The monoisotopic (exact) mass is 381 g/mol. The molecule has 1 aliphatic heterocycles. The van der Waals surface area contributed by atoms with Gasteiger partial charge in [0.1, 0.15) is 0 Å². The Hall–Kier alpha value is -3.35. The average Bonchev–Trinajstić information content (AvgIpc) is 2.74. The first-order valence-corrected chi connectivity index (χ1v) is 9.23. The molecule has 7 heteroatoms. The summed E-state index contributed by atoms with van der Waals surface area (Å²) in [6, 6.07) is 13.8. The number of hydrogen-bond donors (Lipinski definition) is 2. The van der Waals surface area contributed by atoms with E-state index in [-0.39, 0.29) is 11.3 Å². The third kappa shape index (κ3) is 4.68. The molecule has 0 saturated carbocycles. The molecule has 1 heterocycles. The molecule has 0 aromatic heterocycles. The molecular weight excluding hydrogens is 358 g/mol. The van der Waals surface area contributed by atoms with Gasteiger partial charge in [-0.15, -0.1) is 0 Å². The molecule has 1 fully saturated rings. The van der Waals surface area contributed by atoms with Crippen LogP contribution in [-0.2, 0) is 14.3 Å². The lowest BCUT2D eigenvalue weighted by Gasteiger charge is -2.28. The summed E-state index contributed by atoms with van der Waals surface area (Å²) in [4.78, 5) is 38.5. The number of nitrogens with zero attached hydrogens (tertiary/aromatic N) is 1. The van der Waals surface area contributed by atoms with Crippen molar-refractivity contribution in [2.45, 2.75) is 19.3 Å². The molecule has 0 spiro atoms. The van der Waals surface area contributed by atoms with Crippen LogP contribution in [0.3, 0.4) is 0 Å². The molecule has 28 heavy (non-hydrogen) atoms. The molecule has 2 aromatic carbocycles. The zero-order valence-corrected chi connectivity index (χ0v) is 15.7. The predicted octanol–water partition coefficient (Wildman–Crippen LogP) is 3.04. The molecule has 0 atom stereocenters. The van der Waals surface area contributed by atoms with Crippen molar-refractivity contribution in [2.24, 2.45) is 0 Å². The molecule has 2 N–H and O–H groups in total. The standard InChI is InChI=1S/C21H23N3O4/c1-28-21(27)17-7-3-4-8-18(17)23-20(26)19(25)22-15-9-11-16(12-10-15)24-13-5-2-6-14-24/h3-4,7-12H,2,5-6,13-14H2,1H3,(H,22,25)(H,23,26). The Bertz CT molecular complexity index is 858. The van der Waals surface area contributed by atoms with Crippen LogP contribution in [0.1, 0.15) is 29.6 Å². The molecule has 146 valence electrons. The van der Waals surface area contributed by atoms with Crippen molar-refractivity contribution in [1.82, 2.24) is 0 Å². The average molecular weight is 381 g/mol. The van der Waals surface area contributed by atoms with Crippen molar-refractivity contribution in [2.75, 3.05) is 35.7 Å². The highest BCUT2D eigenvalue weighted by atomic mass is 16.5. The Morgan fingerprint density at radius 1 is 0.857 bits per heavy atom. The lowest BCUT2D eigenvalue weighted by molar-refractivity contribution is -0.133. The van der Waals surface area contributed by atoms with Gasteiger partial charge in [0, 0.05) is 24.5 Å². The number of amides is 2. The van der Waals surface area contributed by atoms with Crippen molar-refractivity contribution < 1.29 is 19.1 Å². The lowest BCUT2D eigenvalue weighted by Crippen LogP contribution is -2.30. The van der Waals surface area contributed by atoms with Crippen LogP contribution in [0.4, 0.5) is 17.1 Å². The largest absolute Gasteiger partial charge is 0.465 e. The molecule has 1 aliphatic rings. The second-order valence-corrected chi connectivity index (χ2v) is 6.54. The minimum atomic E-state index is -0.864. The summed E-state index contributed by atoms with van der Waals surface area (Å²) in [7, 11) is 1.25. The third-order valence-electron chi connectivity index (χ3n) is 4.63. The predicted molar refractivity (Wildman–Crippen MR) is 108 cm³/mol. The Kier molecular flexibility index (Phi) is 6.26. The van der Waals surface area contributed by atoms with E-state index in [0.29, 0.717) is 5.69 Å². The number of methoxy groups -OCH3 is 1. The van der Waals surface area contributed by atoms with E-state index in [0.717, 1.165) is 18.8 Å². The highest BCUT2D eigenvalue weighted by Gasteiger charge is 2.18. The van der Waals surface area contributed by atoms with Gasteiger partial charge in [-0.3, -0.25) is 9.59 Å². The fourth-order valence-corrected chi connectivity index (χ4v) is 3.15. The van der Waals surface area contributed by atoms with Crippen LogP contribution in [0.15, 0.2) is 48.5 Å². The second-order valence-electron chi connectivity index (χ2n) is 6.54. The summed E-state index contributed by atoms with van der Waals surface area (Å²) < 4.78 is 4.68. The molecule has 7 nitrogen and oxygen atoms in total. The summed E-state index contributed by atoms with van der Waals surface area (Å²) >= 11 is 0. The number of benzene rings is 2. The lowest BCUT2D eigenvalue weighted by atomic mass is 10.1. The summed E-state index contributed by atoms with van der Waals surface area (Å²) in [5.74, 6) is -2.27. The Morgan fingerprint density at radius 3 is 2.18 bits per heavy atom. The van der Waals surface area contributed by atoms with E-state index in [1.807, 2.05) is 12.1 Å². The highest BCUT2D eigenvalue weighted by Crippen LogP contribution is 2.22. The summed E-state index contributed by atoms with van der Waals surface area (Å²) in [6.07, 6.45) is 3.64. The van der Waals surface area contributed by atoms with Crippen molar-refractivity contribution in [1.29, 1.82) is 0 Å². The zero-order valence-electron chi connectivity index (χ0n) is 15.7. The fraction of sp³-hybridized carbons (Fsp3) is 0.286. The zero-order chi connectivity index (χ0) is 19.9. The number of piperidine rings is 1. The maximum Gasteiger partial charge on any atom is 0.339 e. The van der Waals surface area contributed by atoms with Crippen LogP contribution in [-0.4, -0.2) is 38.0 Å². The van der Waals surface area contributed by atoms with Crippen LogP contribution >= 0.6 is 0 Å². The molecule has 0 bridgehead atoms. The number of esters is 1. The van der Waals surface area contributed by atoms with E-state index in [1.165, 1.54) is 38.5 Å². The molecule has 0 unspecified atom stereocenters. The van der Waals surface area contributed by atoms with Gasteiger partial charge >= 0.3 is 17.8 Å². The first-order chi connectivity index (χ1) is 13.6. The first-order valence-electron chi connectivity index (χ1n) is 9.23. The smallest absolute Gasteiger partial charge is 0.339 e. The van der Waals surface area contributed by atoms with E-state index >= 15 is 0 Å². The topological polar surface area (TPSA) is 87.7 Å². The number of carbonyl (C=O) groups is 3. The Labute approximate surface area is 163 Å². The van der Waals surface area contributed by atoms with Crippen molar-refractivity contribution >= 4 is 34.8 Å². The minimum Gasteiger partial charge on any atom is -0.465 e. The van der Waals surface area contributed by atoms with E-state index in [9.17, 15) is 14.4 Å². The number of nitrogens with one attached hydrogen (secondary N) is 2. The quantitative estimate of drug-likeness (QED) is 0.628. The maximum atomic E-state index is 12.2. The molecule has 0 radical (unpaired) electrons. The van der Waals surface area contributed by atoms with E-state index in [4.69, 9.17) is 0 Å². The van der Waals surface area contributed by atoms with Gasteiger partial charge in [0.15, 0.2) is 0 Å². The summed E-state index contributed by atoms with van der Waals surface area (Å²) in [6.45, 7) is 2.07. The van der Waals surface area contributed by atoms with Crippen LogP contribution < -0.4 is 15.5 Å². The second kappa shape index (κ2) is 9.03. The molecule has 2 aromatic rings.